The van der Waals surface area contributed by atoms with Crippen LogP contribution in [0, 0.1) is 20.8 Å². The highest BCUT2D eigenvalue weighted by Crippen LogP contribution is 2.20. The summed E-state index contributed by atoms with van der Waals surface area (Å²) in [6.45, 7) is 7.01. The second kappa shape index (κ2) is 7.56. The Balaban J connectivity index is 1.69. The topological polar surface area (TPSA) is 56.0 Å². The van der Waals surface area contributed by atoms with Crippen LogP contribution in [-0.4, -0.2) is 37.4 Å². The molecule has 0 unspecified atom stereocenters. The Morgan fingerprint density at radius 2 is 1.81 bits per heavy atom. The molecule has 0 fully saturated rings. The standard InChI is InChI=1S/C20H24ClN5O/c1-13-19(21)15(3)26(23-13)11-16-6-8-17(9-7-16)20(27)24(4)12-18-10-22-25(5)14(18)2/h6-10H,11-12H2,1-5H3. The maximum atomic E-state index is 12.7. The predicted molar refractivity (Wildman–Crippen MR) is 106 cm³/mol. The molecule has 1 amide bonds. The number of rotatable bonds is 5. The van der Waals surface area contributed by atoms with Crippen LogP contribution in [-0.2, 0) is 20.1 Å². The third kappa shape index (κ3) is 3.90. The Bertz CT molecular complexity index is 971. The zero-order valence-corrected chi connectivity index (χ0v) is 17.1. The normalized spacial score (nSPS) is 11.0. The van der Waals surface area contributed by atoms with Gasteiger partial charge in [-0.3, -0.25) is 14.2 Å². The van der Waals surface area contributed by atoms with Crippen molar-refractivity contribution < 1.29 is 4.79 Å². The van der Waals surface area contributed by atoms with Crippen molar-refractivity contribution in [3.05, 3.63) is 69.3 Å². The van der Waals surface area contributed by atoms with E-state index in [0.717, 1.165) is 28.2 Å². The molecule has 0 bridgehead atoms. The summed E-state index contributed by atoms with van der Waals surface area (Å²) >= 11 is 6.21. The first-order chi connectivity index (χ1) is 12.8. The SMILES string of the molecule is Cc1nn(Cc2ccc(C(=O)N(C)Cc3cnn(C)c3C)cc2)c(C)c1Cl. The van der Waals surface area contributed by atoms with Crippen LogP contribution in [0.4, 0.5) is 0 Å². The number of aromatic nitrogens is 4. The summed E-state index contributed by atoms with van der Waals surface area (Å²) in [6, 6.07) is 7.64. The number of hydrogen-bond acceptors (Lipinski definition) is 3. The molecule has 3 rings (SSSR count). The van der Waals surface area contributed by atoms with Gasteiger partial charge in [0.1, 0.15) is 0 Å². The van der Waals surface area contributed by atoms with E-state index in [1.54, 1.807) is 11.9 Å². The molecule has 0 aliphatic heterocycles. The van der Waals surface area contributed by atoms with Crippen molar-refractivity contribution >= 4 is 17.5 Å². The third-order valence-electron chi connectivity index (χ3n) is 4.92. The minimum absolute atomic E-state index is 0.0149. The lowest BCUT2D eigenvalue weighted by atomic mass is 10.1. The monoisotopic (exact) mass is 385 g/mol. The van der Waals surface area contributed by atoms with Gasteiger partial charge < -0.3 is 4.90 Å². The Hall–Kier alpha value is -2.60. The van der Waals surface area contributed by atoms with E-state index in [1.807, 2.05) is 67.6 Å². The van der Waals surface area contributed by atoms with E-state index in [-0.39, 0.29) is 5.91 Å². The predicted octanol–water partition coefficient (Wildman–Crippen LogP) is 3.52. The van der Waals surface area contributed by atoms with Crippen LogP contribution in [0.5, 0.6) is 0 Å². The largest absolute Gasteiger partial charge is 0.337 e. The van der Waals surface area contributed by atoms with Crippen molar-refractivity contribution in [2.45, 2.75) is 33.9 Å². The Morgan fingerprint density at radius 1 is 1.15 bits per heavy atom. The lowest BCUT2D eigenvalue weighted by molar-refractivity contribution is 0.0785. The minimum atomic E-state index is -0.0149. The fraction of sp³-hybridized carbons (Fsp3) is 0.350. The average molecular weight is 386 g/mol. The van der Waals surface area contributed by atoms with Gasteiger partial charge in [0.25, 0.3) is 5.91 Å². The first kappa shape index (κ1) is 19.2. The molecular weight excluding hydrogens is 362 g/mol. The number of hydrogen-bond donors (Lipinski definition) is 0. The number of benzene rings is 1. The van der Waals surface area contributed by atoms with Crippen LogP contribution in [0.3, 0.4) is 0 Å². The maximum Gasteiger partial charge on any atom is 0.253 e. The molecule has 0 atom stereocenters. The third-order valence-corrected chi connectivity index (χ3v) is 5.46. The highest BCUT2D eigenvalue weighted by atomic mass is 35.5. The average Bonchev–Trinajstić information content (AvgIpc) is 3.09. The van der Waals surface area contributed by atoms with Gasteiger partial charge >= 0.3 is 0 Å². The first-order valence-electron chi connectivity index (χ1n) is 8.79. The molecule has 2 aromatic heterocycles. The molecule has 27 heavy (non-hydrogen) atoms. The number of nitrogens with zero attached hydrogens (tertiary/aromatic N) is 5. The van der Waals surface area contributed by atoms with Crippen LogP contribution in [0.15, 0.2) is 30.5 Å². The number of carbonyl (C=O) groups is 1. The van der Waals surface area contributed by atoms with E-state index >= 15 is 0 Å². The molecule has 0 aliphatic rings. The molecule has 0 saturated heterocycles. The zero-order valence-electron chi connectivity index (χ0n) is 16.3. The Morgan fingerprint density at radius 3 is 2.33 bits per heavy atom. The van der Waals surface area contributed by atoms with Crippen LogP contribution in [0.2, 0.25) is 5.02 Å². The van der Waals surface area contributed by atoms with E-state index in [2.05, 4.69) is 10.2 Å². The van der Waals surface area contributed by atoms with E-state index < -0.39 is 0 Å². The molecule has 3 aromatic rings. The maximum absolute atomic E-state index is 12.7. The molecule has 0 aliphatic carbocycles. The molecular formula is C20H24ClN5O. The van der Waals surface area contributed by atoms with E-state index in [0.29, 0.717) is 23.7 Å². The molecule has 0 radical (unpaired) electrons. The van der Waals surface area contributed by atoms with Gasteiger partial charge in [-0.25, -0.2) is 0 Å². The van der Waals surface area contributed by atoms with Crippen molar-refractivity contribution in [1.29, 1.82) is 0 Å². The van der Waals surface area contributed by atoms with Crippen molar-refractivity contribution in [3.8, 4) is 0 Å². The fourth-order valence-electron chi connectivity index (χ4n) is 3.00. The Kier molecular flexibility index (Phi) is 5.37. The van der Waals surface area contributed by atoms with Crippen LogP contribution >= 0.6 is 11.6 Å². The van der Waals surface area contributed by atoms with Gasteiger partial charge in [-0.15, -0.1) is 0 Å². The van der Waals surface area contributed by atoms with Gasteiger partial charge in [-0.05, 0) is 38.5 Å². The molecule has 0 saturated carbocycles. The summed E-state index contributed by atoms with van der Waals surface area (Å²) in [7, 11) is 3.70. The van der Waals surface area contributed by atoms with Gasteiger partial charge in [0.05, 0.1) is 29.2 Å². The lowest BCUT2D eigenvalue weighted by Crippen LogP contribution is -2.26. The lowest BCUT2D eigenvalue weighted by Gasteiger charge is -2.17. The Labute approximate surface area is 164 Å². The van der Waals surface area contributed by atoms with Gasteiger partial charge in [-0.1, -0.05) is 23.7 Å². The van der Waals surface area contributed by atoms with E-state index in [9.17, 15) is 4.79 Å². The minimum Gasteiger partial charge on any atom is -0.337 e. The number of carbonyl (C=O) groups excluding carboxylic acids is 1. The molecule has 2 heterocycles. The van der Waals surface area contributed by atoms with Crippen molar-refractivity contribution in [2.75, 3.05) is 7.05 Å². The van der Waals surface area contributed by atoms with Gasteiger partial charge in [-0.2, -0.15) is 10.2 Å². The van der Waals surface area contributed by atoms with E-state index in [1.165, 1.54) is 0 Å². The van der Waals surface area contributed by atoms with Crippen LogP contribution < -0.4 is 0 Å². The van der Waals surface area contributed by atoms with Gasteiger partial charge in [0, 0.05) is 37.5 Å². The van der Waals surface area contributed by atoms with Gasteiger partial charge in [0.15, 0.2) is 0 Å². The molecule has 7 heteroatoms. The summed E-state index contributed by atoms with van der Waals surface area (Å²) in [5.74, 6) is -0.0149. The molecule has 1 aromatic carbocycles. The molecule has 0 spiro atoms. The van der Waals surface area contributed by atoms with Crippen molar-refractivity contribution in [2.24, 2.45) is 7.05 Å². The quantitative estimate of drug-likeness (QED) is 0.675. The van der Waals surface area contributed by atoms with Crippen LogP contribution in [0.25, 0.3) is 0 Å². The summed E-state index contributed by atoms with van der Waals surface area (Å²) in [5.41, 5.74) is 5.61. The molecule has 6 nitrogen and oxygen atoms in total. The highest BCUT2D eigenvalue weighted by Gasteiger charge is 2.15. The summed E-state index contributed by atoms with van der Waals surface area (Å²) in [4.78, 5) is 14.4. The molecule has 0 N–H and O–H groups in total. The smallest absolute Gasteiger partial charge is 0.253 e. The zero-order chi connectivity index (χ0) is 19.7. The summed E-state index contributed by atoms with van der Waals surface area (Å²) < 4.78 is 3.69. The number of halogens is 1. The van der Waals surface area contributed by atoms with Crippen molar-refractivity contribution in [3.63, 3.8) is 0 Å². The fourth-order valence-corrected chi connectivity index (χ4v) is 3.14. The first-order valence-corrected chi connectivity index (χ1v) is 9.17. The second-order valence-electron chi connectivity index (χ2n) is 6.88. The second-order valence-corrected chi connectivity index (χ2v) is 7.26. The number of aryl methyl sites for hydroxylation is 2. The summed E-state index contributed by atoms with van der Waals surface area (Å²) in [5, 5.41) is 9.38. The van der Waals surface area contributed by atoms with Gasteiger partial charge in [0.2, 0.25) is 0 Å². The van der Waals surface area contributed by atoms with E-state index in [4.69, 9.17) is 11.6 Å². The molecule has 142 valence electrons. The number of amides is 1. The van der Waals surface area contributed by atoms with Crippen LogP contribution in [0.1, 0.15) is 38.6 Å². The highest BCUT2D eigenvalue weighted by molar-refractivity contribution is 6.31. The van der Waals surface area contributed by atoms with Crippen molar-refractivity contribution in [1.82, 2.24) is 24.5 Å². The summed E-state index contributed by atoms with van der Waals surface area (Å²) in [6.07, 6.45) is 1.81.